The minimum atomic E-state index is 0.188. The van der Waals surface area contributed by atoms with Crippen molar-refractivity contribution in [2.45, 2.75) is 44.9 Å². The molecule has 0 aromatic heterocycles. The van der Waals surface area contributed by atoms with Gasteiger partial charge in [0.05, 0.1) is 14.2 Å². The molecule has 0 N–H and O–H groups in total. The number of carbonyl (C=O) groups excluding carboxylic acids is 1. The molecule has 0 spiro atoms. The van der Waals surface area contributed by atoms with Gasteiger partial charge in [0.1, 0.15) is 11.5 Å². The zero-order valence-electron chi connectivity index (χ0n) is 12.5. The topological polar surface area (TPSA) is 35.5 Å². The van der Waals surface area contributed by atoms with E-state index in [1.807, 2.05) is 0 Å². The van der Waals surface area contributed by atoms with Gasteiger partial charge in [-0.15, -0.1) is 0 Å². The lowest BCUT2D eigenvalue weighted by Gasteiger charge is -2.21. The lowest BCUT2D eigenvalue weighted by Crippen LogP contribution is -2.09. The zero-order valence-corrected chi connectivity index (χ0v) is 12.5. The molecule has 2 rings (SSSR count). The van der Waals surface area contributed by atoms with Crippen molar-refractivity contribution in [2.24, 2.45) is 5.92 Å². The Morgan fingerprint density at radius 3 is 2.20 bits per heavy atom. The maximum atomic E-state index is 12.3. The van der Waals surface area contributed by atoms with Crippen LogP contribution in [0.1, 0.15) is 55.3 Å². The van der Waals surface area contributed by atoms with Crippen molar-refractivity contribution >= 4 is 5.78 Å². The summed E-state index contributed by atoms with van der Waals surface area (Å²) in [5.41, 5.74) is 0.692. The zero-order chi connectivity index (χ0) is 14.4. The molecule has 1 fully saturated rings. The van der Waals surface area contributed by atoms with Crippen LogP contribution in [0.3, 0.4) is 0 Å². The highest BCUT2D eigenvalue weighted by Crippen LogP contribution is 2.29. The van der Waals surface area contributed by atoms with Gasteiger partial charge < -0.3 is 9.47 Å². The van der Waals surface area contributed by atoms with E-state index in [9.17, 15) is 4.79 Å². The monoisotopic (exact) mass is 276 g/mol. The number of ketones is 1. The van der Waals surface area contributed by atoms with E-state index in [0.29, 0.717) is 23.5 Å². The number of Topliss-reactive ketones (excluding diaryl/α,β-unsaturated/α-hetero) is 1. The maximum absolute atomic E-state index is 12.3. The van der Waals surface area contributed by atoms with Crippen LogP contribution in [0.5, 0.6) is 11.5 Å². The first-order valence-corrected chi connectivity index (χ1v) is 7.49. The van der Waals surface area contributed by atoms with Crippen molar-refractivity contribution in [3.05, 3.63) is 23.8 Å². The number of benzene rings is 1. The second kappa shape index (κ2) is 7.32. The van der Waals surface area contributed by atoms with Crippen LogP contribution in [-0.4, -0.2) is 20.0 Å². The summed E-state index contributed by atoms with van der Waals surface area (Å²) >= 11 is 0. The molecular formula is C17H24O3. The first kappa shape index (κ1) is 14.9. The van der Waals surface area contributed by atoms with Gasteiger partial charge >= 0.3 is 0 Å². The predicted octanol–water partition coefficient (Wildman–Crippen LogP) is 4.25. The van der Waals surface area contributed by atoms with Gasteiger partial charge in [0.2, 0.25) is 0 Å². The minimum Gasteiger partial charge on any atom is -0.497 e. The molecule has 110 valence electrons. The molecule has 1 saturated carbocycles. The molecule has 3 nitrogen and oxygen atoms in total. The van der Waals surface area contributed by atoms with Crippen molar-refractivity contribution in [3.63, 3.8) is 0 Å². The van der Waals surface area contributed by atoms with Crippen LogP contribution in [0.2, 0.25) is 0 Å². The van der Waals surface area contributed by atoms with Crippen LogP contribution in [0.4, 0.5) is 0 Å². The van der Waals surface area contributed by atoms with E-state index in [1.54, 1.807) is 32.4 Å². The molecule has 1 aromatic carbocycles. The number of methoxy groups -OCH3 is 2. The van der Waals surface area contributed by atoms with Crippen LogP contribution in [0.25, 0.3) is 0 Å². The predicted molar refractivity (Wildman–Crippen MR) is 79.7 cm³/mol. The summed E-state index contributed by atoms with van der Waals surface area (Å²) in [6.45, 7) is 0. The average Bonchev–Trinajstić information content (AvgIpc) is 2.52. The third kappa shape index (κ3) is 3.99. The highest BCUT2D eigenvalue weighted by atomic mass is 16.5. The summed E-state index contributed by atoms with van der Waals surface area (Å²) in [4.78, 5) is 12.3. The van der Waals surface area contributed by atoms with Crippen LogP contribution >= 0.6 is 0 Å². The standard InChI is InChI=1S/C17H24O3/c1-19-15-10-14(11-16(12-15)20-2)17(18)9-8-13-6-4-3-5-7-13/h10-13H,3-9H2,1-2H3. The van der Waals surface area contributed by atoms with Crippen molar-refractivity contribution in [2.75, 3.05) is 14.2 Å². The summed E-state index contributed by atoms with van der Waals surface area (Å²) in [6.07, 6.45) is 8.22. The van der Waals surface area contributed by atoms with Crippen LogP contribution in [-0.2, 0) is 0 Å². The molecule has 20 heavy (non-hydrogen) atoms. The second-order valence-electron chi connectivity index (χ2n) is 5.57. The number of rotatable bonds is 6. The molecular weight excluding hydrogens is 252 g/mol. The van der Waals surface area contributed by atoms with Gasteiger partial charge in [-0.05, 0) is 24.5 Å². The molecule has 1 aliphatic carbocycles. The first-order chi connectivity index (χ1) is 9.72. The van der Waals surface area contributed by atoms with Crippen molar-refractivity contribution in [3.8, 4) is 11.5 Å². The van der Waals surface area contributed by atoms with Crippen LogP contribution < -0.4 is 9.47 Å². The molecule has 0 unspecified atom stereocenters. The van der Waals surface area contributed by atoms with E-state index < -0.39 is 0 Å². The molecule has 0 amide bonds. The smallest absolute Gasteiger partial charge is 0.163 e. The SMILES string of the molecule is COc1cc(OC)cc(C(=O)CCC2CCCCC2)c1. The van der Waals surface area contributed by atoms with E-state index in [1.165, 1.54) is 32.1 Å². The number of ether oxygens (including phenoxy) is 2. The third-order valence-corrected chi connectivity index (χ3v) is 4.18. The Morgan fingerprint density at radius 2 is 1.65 bits per heavy atom. The number of hydrogen-bond acceptors (Lipinski definition) is 3. The molecule has 1 aliphatic rings. The highest BCUT2D eigenvalue weighted by molar-refractivity contribution is 5.96. The van der Waals surface area contributed by atoms with Gasteiger partial charge in [-0.3, -0.25) is 4.79 Å². The Hall–Kier alpha value is -1.51. The number of hydrogen-bond donors (Lipinski definition) is 0. The molecule has 0 heterocycles. The van der Waals surface area contributed by atoms with E-state index in [4.69, 9.17) is 9.47 Å². The Labute approximate surface area is 121 Å². The molecule has 1 aromatic rings. The Morgan fingerprint density at radius 1 is 1.05 bits per heavy atom. The van der Waals surface area contributed by atoms with E-state index in [2.05, 4.69) is 0 Å². The Balaban J connectivity index is 1.97. The van der Waals surface area contributed by atoms with Gasteiger partial charge in [-0.1, -0.05) is 32.1 Å². The van der Waals surface area contributed by atoms with Crippen molar-refractivity contribution in [1.82, 2.24) is 0 Å². The summed E-state index contributed by atoms with van der Waals surface area (Å²) in [5.74, 6) is 2.27. The lowest BCUT2D eigenvalue weighted by molar-refractivity contribution is 0.0969. The lowest BCUT2D eigenvalue weighted by atomic mass is 9.85. The van der Waals surface area contributed by atoms with Crippen LogP contribution in [0, 0.1) is 5.92 Å². The fraction of sp³-hybridized carbons (Fsp3) is 0.588. The van der Waals surface area contributed by atoms with Gasteiger partial charge in [-0.25, -0.2) is 0 Å². The second-order valence-corrected chi connectivity index (χ2v) is 5.57. The normalized spacial score (nSPS) is 15.9. The van der Waals surface area contributed by atoms with E-state index in [0.717, 1.165) is 12.3 Å². The maximum Gasteiger partial charge on any atom is 0.163 e. The third-order valence-electron chi connectivity index (χ3n) is 4.18. The largest absolute Gasteiger partial charge is 0.497 e. The van der Waals surface area contributed by atoms with Crippen molar-refractivity contribution in [1.29, 1.82) is 0 Å². The Bertz CT molecular complexity index is 425. The quantitative estimate of drug-likeness (QED) is 0.729. The van der Waals surface area contributed by atoms with Crippen molar-refractivity contribution < 1.29 is 14.3 Å². The molecule has 3 heteroatoms. The van der Waals surface area contributed by atoms with Crippen LogP contribution in [0.15, 0.2) is 18.2 Å². The molecule has 0 atom stereocenters. The molecule has 0 bridgehead atoms. The highest BCUT2D eigenvalue weighted by Gasteiger charge is 2.16. The molecule has 0 radical (unpaired) electrons. The summed E-state index contributed by atoms with van der Waals surface area (Å²) in [5, 5.41) is 0. The fourth-order valence-electron chi connectivity index (χ4n) is 2.92. The van der Waals surface area contributed by atoms with Gasteiger partial charge in [0, 0.05) is 18.1 Å². The summed E-state index contributed by atoms with van der Waals surface area (Å²) in [7, 11) is 3.20. The van der Waals surface area contributed by atoms with Gasteiger partial charge in [-0.2, -0.15) is 0 Å². The minimum absolute atomic E-state index is 0.188. The van der Waals surface area contributed by atoms with Gasteiger partial charge in [0.25, 0.3) is 0 Å². The summed E-state index contributed by atoms with van der Waals surface area (Å²) in [6, 6.07) is 5.38. The first-order valence-electron chi connectivity index (χ1n) is 7.49. The fourth-order valence-corrected chi connectivity index (χ4v) is 2.92. The van der Waals surface area contributed by atoms with E-state index in [-0.39, 0.29) is 5.78 Å². The average molecular weight is 276 g/mol. The Kier molecular flexibility index (Phi) is 5.45. The number of carbonyl (C=O) groups is 1. The molecule has 0 saturated heterocycles. The molecule has 0 aliphatic heterocycles. The van der Waals surface area contributed by atoms with Gasteiger partial charge in [0.15, 0.2) is 5.78 Å². The summed E-state index contributed by atoms with van der Waals surface area (Å²) < 4.78 is 10.4. The van der Waals surface area contributed by atoms with E-state index >= 15 is 0 Å².